The Hall–Kier alpha value is -0.750. The molecule has 0 spiro atoms. The quantitative estimate of drug-likeness (QED) is 0.705. The van der Waals surface area contributed by atoms with Crippen LogP contribution in [0.3, 0.4) is 0 Å². The maximum Gasteiger partial charge on any atom is 0.311 e. The van der Waals surface area contributed by atoms with Gasteiger partial charge in [0.15, 0.2) is 0 Å². The molecule has 2 rings (SSSR count). The van der Waals surface area contributed by atoms with Gasteiger partial charge in [-0.1, -0.05) is 0 Å². The van der Waals surface area contributed by atoms with Crippen molar-refractivity contribution in [1.29, 1.82) is 0 Å². The lowest BCUT2D eigenvalue weighted by Gasteiger charge is -2.23. The minimum Gasteiger partial charge on any atom is -0.348 e. The zero-order chi connectivity index (χ0) is 13.5. The second-order valence-electron chi connectivity index (χ2n) is 5.16. The Morgan fingerprint density at radius 1 is 1.21 bits per heavy atom. The molecule has 0 saturated carbocycles. The summed E-state index contributed by atoms with van der Waals surface area (Å²) in [6.45, 7) is 3.66. The van der Waals surface area contributed by atoms with Crippen LogP contribution in [0, 0.1) is 5.92 Å². The Balaban J connectivity index is 1.73. The predicted octanol–water partition coefficient (Wildman–Crippen LogP) is 0.0677. The van der Waals surface area contributed by atoms with Crippen LogP contribution in [0.15, 0.2) is 0 Å². The molecule has 2 N–H and O–H groups in total. The van der Waals surface area contributed by atoms with E-state index in [1.807, 2.05) is 11.8 Å². The maximum atomic E-state index is 12.0. The molecule has 2 amide bonds. The minimum atomic E-state index is -0.430. The molecule has 108 valence electrons. The fourth-order valence-electron chi connectivity index (χ4n) is 2.46. The molecule has 0 aromatic rings. The molecule has 2 saturated heterocycles. The van der Waals surface area contributed by atoms with Gasteiger partial charge in [0.2, 0.25) is 0 Å². The summed E-state index contributed by atoms with van der Waals surface area (Å²) in [5, 5.41) is 6.04. The SMILES string of the molecule is O=C(NCC1CCSCC1)C(=O)N1CCCNCC1. The summed E-state index contributed by atoms with van der Waals surface area (Å²) in [4.78, 5) is 25.5. The molecule has 5 nitrogen and oxygen atoms in total. The maximum absolute atomic E-state index is 12.0. The molecular weight excluding hydrogens is 262 g/mol. The van der Waals surface area contributed by atoms with Crippen molar-refractivity contribution in [2.45, 2.75) is 19.3 Å². The number of hydrogen-bond donors (Lipinski definition) is 2. The van der Waals surface area contributed by atoms with Crippen LogP contribution in [-0.4, -0.2) is 60.9 Å². The van der Waals surface area contributed by atoms with Crippen LogP contribution in [0.25, 0.3) is 0 Å². The number of thioether (sulfide) groups is 1. The number of nitrogens with zero attached hydrogens (tertiary/aromatic N) is 1. The molecule has 6 heteroatoms. The Labute approximate surface area is 118 Å². The zero-order valence-corrected chi connectivity index (χ0v) is 12.1. The third-order valence-corrected chi connectivity index (χ3v) is 4.76. The van der Waals surface area contributed by atoms with Crippen molar-refractivity contribution >= 4 is 23.6 Å². The van der Waals surface area contributed by atoms with Crippen molar-refractivity contribution in [3.05, 3.63) is 0 Å². The fraction of sp³-hybridized carbons (Fsp3) is 0.846. The van der Waals surface area contributed by atoms with Crippen LogP contribution in [0.2, 0.25) is 0 Å². The Kier molecular flexibility index (Phi) is 5.97. The number of nitrogens with one attached hydrogen (secondary N) is 2. The van der Waals surface area contributed by atoms with Crippen molar-refractivity contribution in [1.82, 2.24) is 15.5 Å². The van der Waals surface area contributed by atoms with E-state index in [4.69, 9.17) is 0 Å². The van der Waals surface area contributed by atoms with Gasteiger partial charge in [-0.2, -0.15) is 11.8 Å². The molecule has 2 fully saturated rings. The highest BCUT2D eigenvalue weighted by Crippen LogP contribution is 2.21. The van der Waals surface area contributed by atoms with Crippen LogP contribution in [0.1, 0.15) is 19.3 Å². The summed E-state index contributed by atoms with van der Waals surface area (Å²) >= 11 is 1.97. The number of amides is 2. The van der Waals surface area contributed by atoms with E-state index in [-0.39, 0.29) is 5.91 Å². The van der Waals surface area contributed by atoms with Crippen LogP contribution >= 0.6 is 11.8 Å². The van der Waals surface area contributed by atoms with Crippen molar-refractivity contribution in [2.24, 2.45) is 5.92 Å². The van der Waals surface area contributed by atoms with Gasteiger partial charge in [-0.3, -0.25) is 9.59 Å². The van der Waals surface area contributed by atoms with Crippen molar-refractivity contribution < 1.29 is 9.59 Å². The Morgan fingerprint density at radius 2 is 2.00 bits per heavy atom. The van der Waals surface area contributed by atoms with Crippen LogP contribution in [0.4, 0.5) is 0 Å². The summed E-state index contributed by atoms with van der Waals surface area (Å²) in [5.74, 6) is 2.09. The fourth-order valence-corrected chi connectivity index (χ4v) is 3.66. The average molecular weight is 285 g/mol. The van der Waals surface area contributed by atoms with Crippen LogP contribution < -0.4 is 10.6 Å². The summed E-state index contributed by atoms with van der Waals surface area (Å²) in [6.07, 6.45) is 3.21. The summed E-state index contributed by atoms with van der Waals surface area (Å²) in [5.41, 5.74) is 0. The molecule has 0 unspecified atom stereocenters. The average Bonchev–Trinajstić information content (AvgIpc) is 2.74. The molecule has 0 aromatic heterocycles. The topological polar surface area (TPSA) is 61.4 Å². The van der Waals surface area contributed by atoms with Gasteiger partial charge in [-0.05, 0) is 43.2 Å². The molecular formula is C13H23N3O2S. The van der Waals surface area contributed by atoms with Crippen molar-refractivity contribution in [3.63, 3.8) is 0 Å². The van der Waals surface area contributed by atoms with Crippen LogP contribution in [-0.2, 0) is 9.59 Å². The molecule has 2 aliphatic rings. The normalized spacial score (nSPS) is 21.8. The smallest absolute Gasteiger partial charge is 0.311 e. The second kappa shape index (κ2) is 7.75. The van der Waals surface area contributed by atoms with E-state index in [9.17, 15) is 9.59 Å². The van der Waals surface area contributed by atoms with Gasteiger partial charge in [0.1, 0.15) is 0 Å². The lowest BCUT2D eigenvalue weighted by atomic mass is 10.0. The van der Waals surface area contributed by atoms with Gasteiger partial charge in [0.05, 0.1) is 0 Å². The highest BCUT2D eigenvalue weighted by atomic mass is 32.2. The molecule has 2 heterocycles. The van der Waals surface area contributed by atoms with Crippen LogP contribution in [0.5, 0.6) is 0 Å². The van der Waals surface area contributed by atoms with Crippen molar-refractivity contribution in [2.75, 3.05) is 44.2 Å². The molecule has 0 aliphatic carbocycles. The Morgan fingerprint density at radius 3 is 2.79 bits per heavy atom. The largest absolute Gasteiger partial charge is 0.348 e. The number of carbonyl (C=O) groups is 2. The molecule has 0 radical (unpaired) electrons. The Bertz CT molecular complexity index is 311. The van der Waals surface area contributed by atoms with E-state index in [1.165, 1.54) is 11.5 Å². The first-order valence-electron chi connectivity index (χ1n) is 7.13. The zero-order valence-electron chi connectivity index (χ0n) is 11.3. The molecule has 0 atom stereocenters. The highest BCUT2D eigenvalue weighted by Gasteiger charge is 2.23. The van der Waals surface area contributed by atoms with E-state index in [0.29, 0.717) is 25.6 Å². The van der Waals surface area contributed by atoms with E-state index in [0.717, 1.165) is 32.4 Å². The third kappa shape index (κ3) is 4.69. The molecule has 19 heavy (non-hydrogen) atoms. The van der Waals surface area contributed by atoms with Gasteiger partial charge in [-0.15, -0.1) is 0 Å². The summed E-state index contributed by atoms with van der Waals surface area (Å²) in [6, 6.07) is 0. The molecule has 0 bridgehead atoms. The summed E-state index contributed by atoms with van der Waals surface area (Å²) in [7, 11) is 0. The van der Waals surface area contributed by atoms with Gasteiger partial charge < -0.3 is 15.5 Å². The van der Waals surface area contributed by atoms with E-state index in [1.54, 1.807) is 4.90 Å². The van der Waals surface area contributed by atoms with Crippen molar-refractivity contribution in [3.8, 4) is 0 Å². The van der Waals surface area contributed by atoms with Gasteiger partial charge >= 0.3 is 11.8 Å². The van der Waals surface area contributed by atoms with Gasteiger partial charge in [-0.25, -0.2) is 0 Å². The van der Waals surface area contributed by atoms with E-state index >= 15 is 0 Å². The van der Waals surface area contributed by atoms with Gasteiger partial charge in [0.25, 0.3) is 0 Å². The van der Waals surface area contributed by atoms with Gasteiger partial charge in [0, 0.05) is 26.2 Å². The first-order chi connectivity index (χ1) is 9.27. The first kappa shape index (κ1) is 14.7. The monoisotopic (exact) mass is 285 g/mol. The van der Waals surface area contributed by atoms with E-state index < -0.39 is 5.91 Å². The number of hydrogen-bond acceptors (Lipinski definition) is 4. The standard InChI is InChI=1S/C13H23N3O2S/c17-12(15-10-11-2-8-19-9-3-11)13(18)16-6-1-4-14-5-7-16/h11,14H,1-10H2,(H,15,17). The van der Waals surface area contributed by atoms with E-state index in [2.05, 4.69) is 10.6 Å². The lowest BCUT2D eigenvalue weighted by molar-refractivity contribution is -0.145. The minimum absolute atomic E-state index is 0.367. The molecule has 2 aliphatic heterocycles. The number of carbonyl (C=O) groups excluding carboxylic acids is 2. The predicted molar refractivity (Wildman–Crippen MR) is 77.1 cm³/mol. The number of rotatable bonds is 2. The highest BCUT2D eigenvalue weighted by molar-refractivity contribution is 7.99. The second-order valence-corrected chi connectivity index (χ2v) is 6.39. The first-order valence-corrected chi connectivity index (χ1v) is 8.28. The third-order valence-electron chi connectivity index (χ3n) is 3.71. The molecule has 0 aromatic carbocycles. The summed E-state index contributed by atoms with van der Waals surface area (Å²) < 4.78 is 0. The lowest BCUT2D eigenvalue weighted by Crippen LogP contribution is -2.45.